The Morgan fingerprint density at radius 1 is 1.23 bits per heavy atom. The highest BCUT2D eigenvalue weighted by Crippen LogP contribution is 2.43. The topological polar surface area (TPSA) is 3.24 Å². The molecule has 1 aliphatic heterocycles. The van der Waals surface area contributed by atoms with Crippen LogP contribution >= 0.6 is 0 Å². The lowest BCUT2D eigenvalue weighted by molar-refractivity contribution is -0.195. The summed E-state index contributed by atoms with van der Waals surface area (Å²) in [5.41, 5.74) is 0.449. The van der Waals surface area contributed by atoms with Crippen molar-refractivity contribution in [2.24, 2.45) is 0 Å². The van der Waals surface area contributed by atoms with Crippen LogP contribution in [0.4, 0.5) is 17.6 Å². The molecule has 0 fully saturated rings. The molecule has 114 valence electrons. The van der Waals surface area contributed by atoms with Crippen molar-refractivity contribution in [2.75, 3.05) is 0 Å². The van der Waals surface area contributed by atoms with Gasteiger partial charge in [0, 0.05) is 5.57 Å². The average Bonchev–Trinajstić information content (AvgIpc) is 2.49. The van der Waals surface area contributed by atoms with E-state index < -0.39 is 12.5 Å². The third-order valence-electron chi connectivity index (χ3n) is 3.30. The van der Waals surface area contributed by atoms with Crippen LogP contribution in [0.5, 0.6) is 0 Å². The quantitative estimate of drug-likeness (QED) is 0.446. The minimum atomic E-state index is -4.42. The number of hydrogen-bond donors (Lipinski definition) is 0. The Hall–Kier alpha value is -2.48. The lowest BCUT2D eigenvalue weighted by Crippen LogP contribution is -2.46. The number of alkyl halides is 4. The van der Waals surface area contributed by atoms with E-state index in [9.17, 15) is 17.6 Å². The second kappa shape index (κ2) is 5.72. The van der Waals surface area contributed by atoms with E-state index in [1.54, 1.807) is 37.3 Å². The van der Waals surface area contributed by atoms with Crippen molar-refractivity contribution >= 4 is 5.70 Å². The van der Waals surface area contributed by atoms with Gasteiger partial charge < -0.3 is 0 Å². The number of benzene rings is 1. The fourth-order valence-corrected chi connectivity index (χ4v) is 2.30. The van der Waals surface area contributed by atoms with Crippen molar-refractivity contribution in [1.82, 2.24) is 4.90 Å². The first kappa shape index (κ1) is 15.9. The van der Waals surface area contributed by atoms with Gasteiger partial charge in [-0.3, -0.25) is 4.90 Å². The molecule has 22 heavy (non-hydrogen) atoms. The van der Waals surface area contributed by atoms with Gasteiger partial charge >= 0.3 is 12.5 Å². The highest BCUT2D eigenvalue weighted by atomic mass is 19.3. The van der Waals surface area contributed by atoms with Crippen molar-refractivity contribution < 1.29 is 17.6 Å². The molecule has 1 heterocycles. The molecule has 0 N–H and O–H groups in total. The van der Waals surface area contributed by atoms with Crippen LogP contribution < -0.4 is 0 Å². The molecule has 0 unspecified atom stereocenters. The van der Waals surface area contributed by atoms with Crippen LogP contribution in [-0.2, 0) is 0 Å². The van der Waals surface area contributed by atoms with Gasteiger partial charge in [-0.1, -0.05) is 42.8 Å². The largest absolute Gasteiger partial charge is 0.390 e. The molecule has 0 saturated carbocycles. The summed E-state index contributed by atoms with van der Waals surface area (Å²) < 4.78 is 54.0. The smallest absolute Gasteiger partial charge is 0.276 e. The maximum Gasteiger partial charge on any atom is 0.390 e. The van der Waals surface area contributed by atoms with Gasteiger partial charge in [0.25, 0.3) is 0 Å². The molecule has 2 rings (SSSR count). The number of allylic oxidation sites excluding steroid dienone is 3. The van der Waals surface area contributed by atoms with E-state index in [1.807, 2.05) is 0 Å². The Morgan fingerprint density at radius 3 is 2.32 bits per heavy atom. The van der Waals surface area contributed by atoms with Crippen LogP contribution in [0.15, 0.2) is 59.8 Å². The van der Waals surface area contributed by atoms with E-state index in [0.717, 1.165) is 0 Å². The van der Waals surface area contributed by atoms with Gasteiger partial charge in [-0.2, -0.15) is 8.78 Å². The number of rotatable bonds is 3. The van der Waals surface area contributed by atoms with E-state index >= 15 is 0 Å². The van der Waals surface area contributed by atoms with Gasteiger partial charge in [0.1, 0.15) is 0 Å². The van der Waals surface area contributed by atoms with Gasteiger partial charge in [0.05, 0.1) is 11.4 Å². The second-order valence-electron chi connectivity index (χ2n) is 4.77. The summed E-state index contributed by atoms with van der Waals surface area (Å²) in [6.45, 7) is 5.02. The van der Waals surface area contributed by atoms with E-state index in [0.29, 0.717) is 11.1 Å². The molecule has 0 radical (unpaired) electrons. The van der Waals surface area contributed by atoms with Crippen molar-refractivity contribution in [2.45, 2.75) is 19.4 Å². The van der Waals surface area contributed by atoms with E-state index in [2.05, 4.69) is 12.5 Å². The number of terminal acetylenes is 1. The zero-order chi connectivity index (χ0) is 16.5. The first-order valence-electron chi connectivity index (χ1n) is 6.40. The maximum absolute atomic E-state index is 14.1. The summed E-state index contributed by atoms with van der Waals surface area (Å²) in [7, 11) is 0. The first-order valence-corrected chi connectivity index (χ1v) is 6.40. The third-order valence-corrected chi connectivity index (χ3v) is 3.30. The van der Waals surface area contributed by atoms with Gasteiger partial charge in [-0.05, 0) is 24.1 Å². The Balaban J connectivity index is 2.71. The molecule has 0 spiro atoms. The minimum Gasteiger partial charge on any atom is -0.276 e. The van der Waals surface area contributed by atoms with Gasteiger partial charge in [0.15, 0.2) is 0 Å². The van der Waals surface area contributed by atoms with Crippen LogP contribution in [-0.4, -0.2) is 17.4 Å². The molecule has 0 saturated heterocycles. The predicted octanol–water partition coefficient (Wildman–Crippen LogP) is 4.66. The standard InChI is InChI=1S/C17H13F4N/c1-4-13-10-11(2)15(14-8-6-5-7-9-14)22(12(13)3)17(20,21)16(18)19/h1,5-10,16H,3H2,2H3. The number of hydrogen-bond acceptors (Lipinski definition) is 1. The molecule has 1 aromatic carbocycles. The Morgan fingerprint density at radius 2 is 1.82 bits per heavy atom. The SMILES string of the molecule is C#CC1=CC(C)=C(c2ccccc2)N(C(F)(F)C(F)F)C1=C. The molecule has 0 aliphatic carbocycles. The zero-order valence-electron chi connectivity index (χ0n) is 11.8. The normalized spacial score (nSPS) is 16.0. The number of halogens is 4. The maximum atomic E-state index is 14.1. The average molecular weight is 307 g/mol. The second-order valence-corrected chi connectivity index (χ2v) is 4.77. The van der Waals surface area contributed by atoms with Gasteiger partial charge in [-0.25, -0.2) is 8.78 Å². The van der Waals surface area contributed by atoms with Crippen LogP contribution in [0.1, 0.15) is 12.5 Å². The Kier molecular flexibility index (Phi) is 4.14. The van der Waals surface area contributed by atoms with Crippen molar-refractivity contribution in [1.29, 1.82) is 0 Å². The summed E-state index contributed by atoms with van der Waals surface area (Å²) in [5, 5.41) is 0. The van der Waals surface area contributed by atoms with Crippen molar-refractivity contribution in [3.05, 3.63) is 65.4 Å². The summed E-state index contributed by atoms with van der Waals surface area (Å²) in [4.78, 5) is 0.234. The molecule has 5 heteroatoms. The molecule has 0 atom stereocenters. The number of nitrogens with zero attached hydrogens (tertiary/aromatic N) is 1. The summed E-state index contributed by atoms with van der Waals surface area (Å²) in [6.07, 6.45) is 2.87. The molecular formula is C17H13F4N. The van der Waals surface area contributed by atoms with Crippen molar-refractivity contribution in [3.63, 3.8) is 0 Å². The first-order chi connectivity index (χ1) is 10.3. The third kappa shape index (κ3) is 2.52. The van der Waals surface area contributed by atoms with Gasteiger partial charge in [0.2, 0.25) is 0 Å². The molecule has 1 aromatic rings. The van der Waals surface area contributed by atoms with Crippen LogP contribution in [0, 0.1) is 12.3 Å². The molecule has 1 aliphatic rings. The fourth-order valence-electron chi connectivity index (χ4n) is 2.30. The van der Waals surface area contributed by atoms with Crippen LogP contribution in [0.2, 0.25) is 0 Å². The molecule has 1 nitrogen and oxygen atoms in total. The highest BCUT2D eigenvalue weighted by molar-refractivity contribution is 5.76. The molecule has 0 bridgehead atoms. The van der Waals surface area contributed by atoms with E-state index in [-0.39, 0.29) is 21.9 Å². The Bertz CT molecular complexity index is 693. The summed E-state index contributed by atoms with van der Waals surface area (Å²) in [5.74, 6) is 2.20. The molecular weight excluding hydrogens is 294 g/mol. The Labute approximate surface area is 126 Å². The summed E-state index contributed by atoms with van der Waals surface area (Å²) in [6, 6.07) is 3.69. The molecule has 0 amide bonds. The lowest BCUT2D eigenvalue weighted by atomic mass is 9.96. The fraction of sp³-hybridized carbons (Fsp3) is 0.176. The predicted molar refractivity (Wildman–Crippen MR) is 77.9 cm³/mol. The van der Waals surface area contributed by atoms with E-state index in [1.165, 1.54) is 6.08 Å². The highest BCUT2D eigenvalue weighted by Gasteiger charge is 2.50. The van der Waals surface area contributed by atoms with Crippen LogP contribution in [0.25, 0.3) is 5.70 Å². The monoisotopic (exact) mass is 307 g/mol. The minimum absolute atomic E-state index is 0.0325. The molecule has 0 aromatic heterocycles. The summed E-state index contributed by atoms with van der Waals surface area (Å²) >= 11 is 0. The van der Waals surface area contributed by atoms with Crippen LogP contribution in [0.3, 0.4) is 0 Å². The lowest BCUT2D eigenvalue weighted by Gasteiger charge is -2.38. The van der Waals surface area contributed by atoms with E-state index in [4.69, 9.17) is 6.42 Å². The van der Waals surface area contributed by atoms with Crippen molar-refractivity contribution in [3.8, 4) is 12.3 Å². The zero-order valence-corrected chi connectivity index (χ0v) is 11.8. The van der Waals surface area contributed by atoms with Gasteiger partial charge in [-0.15, -0.1) is 6.42 Å².